The first kappa shape index (κ1) is 17.5. The second kappa shape index (κ2) is 7.72. The van der Waals surface area contributed by atoms with Gasteiger partial charge in [-0.1, -0.05) is 41.6 Å². The van der Waals surface area contributed by atoms with Gasteiger partial charge >= 0.3 is 22.4 Å². The van der Waals surface area contributed by atoms with Gasteiger partial charge in [-0.05, 0) is 12.3 Å². The molecule has 1 atom stereocenters. The van der Waals surface area contributed by atoms with Crippen molar-refractivity contribution in [3.05, 3.63) is 102 Å². The summed E-state index contributed by atoms with van der Waals surface area (Å²) in [6.07, 6.45) is 3.97. The van der Waals surface area contributed by atoms with Crippen LogP contribution in [0.5, 0.6) is 5.75 Å². The molecule has 1 aliphatic heterocycles. The smallest absolute Gasteiger partial charge is 0.557 e. The molecule has 1 aliphatic rings. The summed E-state index contributed by atoms with van der Waals surface area (Å²) in [5.41, 5.74) is 8.19. The van der Waals surface area contributed by atoms with Gasteiger partial charge in [0, 0.05) is 0 Å². The molecule has 0 aromatic heterocycles. The Morgan fingerprint density at radius 1 is 0.960 bits per heavy atom. The number of anilines is 1. The number of hydrogen-bond acceptors (Lipinski definition) is 2. The van der Waals surface area contributed by atoms with Crippen molar-refractivity contribution in [2.75, 3.05) is 5.01 Å². The molecule has 0 aliphatic carbocycles. The molecule has 3 nitrogen and oxygen atoms in total. The molecular weight excluding hydrogens is 493 g/mol. The minimum Gasteiger partial charge on any atom is -0.557 e. The van der Waals surface area contributed by atoms with Crippen LogP contribution in [-0.2, 0) is 22.4 Å². The fourth-order valence-corrected chi connectivity index (χ4v) is 2.73. The molecule has 0 saturated carbocycles. The van der Waals surface area contributed by atoms with Crippen molar-refractivity contribution >= 4 is 5.69 Å². The van der Waals surface area contributed by atoms with Gasteiger partial charge < -0.3 is 15.5 Å². The fraction of sp³-hybridized carbons (Fsp3) is 0.0476. The second-order valence-corrected chi connectivity index (χ2v) is 5.53. The third-order valence-corrected chi connectivity index (χ3v) is 3.93. The van der Waals surface area contributed by atoms with Crippen LogP contribution in [0.4, 0.5) is 5.69 Å². The summed E-state index contributed by atoms with van der Waals surface area (Å²) in [5, 5.41) is 11.9. The SMILES string of the molecule is Oc1ccccc1-c1[c-]c(C2C=CN(c3[c-]cccc3)[N-]2)ccc1.[Au+3]. The Hall–Kier alpha value is -2.30. The topological polar surface area (TPSA) is 37.6 Å². The van der Waals surface area contributed by atoms with Gasteiger partial charge in [-0.2, -0.15) is 24.3 Å². The molecule has 3 aromatic rings. The van der Waals surface area contributed by atoms with Crippen LogP contribution in [0.2, 0.25) is 0 Å². The van der Waals surface area contributed by atoms with Gasteiger partial charge in [-0.15, -0.1) is 41.5 Å². The number of rotatable bonds is 3. The number of nitrogens with zero attached hydrogens (tertiary/aromatic N) is 2. The van der Waals surface area contributed by atoms with Gasteiger partial charge in [-0.3, -0.25) is 0 Å². The Balaban J connectivity index is 0.00000182. The van der Waals surface area contributed by atoms with E-state index in [0.29, 0.717) is 0 Å². The maximum atomic E-state index is 10.0. The van der Waals surface area contributed by atoms with E-state index in [2.05, 4.69) is 17.6 Å². The molecule has 3 aromatic carbocycles. The average Bonchev–Trinajstić information content (AvgIpc) is 3.13. The quantitative estimate of drug-likeness (QED) is 0.399. The molecule has 4 rings (SSSR count). The number of phenolic OH excluding ortho intramolecular Hbond substituents is 1. The third kappa shape index (κ3) is 3.70. The van der Waals surface area contributed by atoms with E-state index in [9.17, 15) is 5.11 Å². The van der Waals surface area contributed by atoms with Crippen molar-refractivity contribution in [2.45, 2.75) is 6.04 Å². The predicted octanol–water partition coefficient (Wildman–Crippen LogP) is 5.02. The van der Waals surface area contributed by atoms with E-state index < -0.39 is 0 Å². The molecule has 0 spiro atoms. The van der Waals surface area contributed by atoms with Crippen LogP contribution in [0.3, 0.4) is 0 Å². The molecule has 0 fully saturated rings. The van der Waals surface area contributed by atoms with E-state index >= 15 is 0 Å². The van der Waals surface area contributed by atoms with Crippen LogP contribution in [0, 0.1) is 12.1 Å². The summed E-state index contributed by atoms with van der Waals surface area (Å²) in [7, 11) is 0. The zero-order valence-corrected chi connectivity index (χ0v) is 15.4. The maximum Gasteiger partial charge on any atom is 3.00 e. The van der Waals surface area contributed by atoms with Gasteiger partial charge in [0.25, 0.3) is 0 Å². The Morgan fingerprint density at radius 3 is 2.60 bits per heavy atom. The Labute approximate surface area is 163 Å². The van der Waals surface area contributed by atoms with Crippen LogP contribution in [0.25, 0.3) is 16.6 Å². The molecule has 1 N–H and O–H groups in total. The summed E-state index contributed by atoms with van der Waals surface area (Å²) in [4.78, 5) is 0. The average molecular weight is 508 g/mol. The summed E-state index contributed by atoms with van der Waals surface area (Å²) >= 11 is 0. The molecule has 0 radical (unpaired) electrons. The van der Waals surface area contributed by atoms with Crippen LogP contribution in [0.1, 0.15) is 11.6 Å². The molecule has 0 bridgehead atoms. The van der Waals surface area contributed by atoms with Crippen molar-refractivity contribution < 1.29 is 27.5 Å². The van der Waals surface area contributed by atoms with E-state index in [4.69, 9.17) is 0 Å². The van der Waals surface area contributed by atoms with Crippen LogP contribution in [-0.4, -0.2) is 5.11 Å². The molecule has 1 unspecified atom stereocenters. The number of aromatic hydroxyl groups is 1. The molecule has 0 saturated heterocycles. The van der Waals surface area contributed by atoms with Crippen LogP contribution < -0.4 is 5.01 Å². The first-order chi connectivity index (χ1) is 11.8. The molecule has 1 heterocycles. The van der Waals surface area contributed by atoms with E-state index in [0.717, 1.165) is 22.4 Å². The van der Waals surface area contributed by atoms with E-state index in [1.807, 2.05) is 77.9 Å². The Kier molecular flexibility index (Phi) is 5.41. The van der Waals surface area contributed by atoms with Crippen LogP contribution >= 0.6 is 0 Å². The van der Waals surface area contributed by atoms with Crippen molar-refractivity contribution in [3.8, 4) is 16.9 Å². The maximum absolute atomic E-state index is 10.0. The summed E-state index contributed by atoms with van der Waals surface area (Å²) in [5.74, 6) is 0.255. The zero-order chi connectivity index (χ0) is 16.4. The number of hydrogen-bond donors (Lipinski definition) is 1. The van der Waals surface area contributed by atoms with Crippen molar-refractivity contribution in [3.63, 3.8) is 0 Å². The third-order valence-electron chi connectivity index (χ3n) is 3.93. The van der Waals surface area contributed by atoms with Gasteiger partial charge in [0.1, 0.15) is 0 Å². The minimum atomic E-state index is -0.0931. The Morgan fingerprint density at radius 2 is 1.80 bits per heavy atom. The minimum absolute atomic E-state index is 0. The van der Waals surface area contributed by atoms with E-state index in [-0.39, 0.29) is 34.2 Å². The van der Waals surface area contributed by atoms with E-state index in [1.165, 1.54) is 0 Å². The summed E-state index contributed by atoms with van der Waals surface area (Å²) in [6, 6.07) is 27.4. The van der Waals surface area contributed by atoms with Gasteiger partial charge in [0.2, 0.25) is 0 Å². The molecule has 4 heteroatoms. The molecular formula is C21H15AuN2O. The Bertz CT molecular complexity index is 880. The zero-order valence-electron chi connectivity index (χ0n) is 13.2. The van der Waals surface area contributed by atoms with Gasteiger partial charge in [0.15, 0.2) is 0 Å². The molecule has 0 amide bonds. The molecule has 25 heavy (non-hydrogen) atoms. The monoisotopic (exact) mass is 508 g/mol. The number of benzene rings is 3. The standard InChI is InChI=1S/C21H15N2O.Au/c24-21-12-5-4-11-19(21)16-7-6-8-17(15-16)20-13-14-23(22-20)18-9-2-1-3-10-18;/h1-9,11-14,20,24H;/q-3;+3. The molecule has 126 valence electrons. The van der Waals surface area contributed by atoms with Crippen molar-refractivity contribution in [1.82, 2.24) is 0 Å². The summed E-state index contributed by atoms with van der Waals surface area (Å²) in [6.45, 7) is 0. The van der Waals surface area contributed by atoms with Gasteiger partial charge in [0.05, 0.1) is 5.75 Å². The van der Waals surface area contributed by atoms with Crippen LogP contribution in [0.15, 0.2) is 79.0 Å². The van der Waals surface area contributed by atoms with Gasteiger partial charge in [-0.25, -0.2) is 0 Å². The first-order valence-corrected chi connectivity index (χ1v) is 7.77. The largest absolute Gasteiger partial charge is 3.00 e. The summed E-state index contributed by atoms with van der Waals surface area (Å²) < 4.78 is 0. The van der Waals surface area contributed by atoms with E-state index in [1.54, 1.807) is 6.07 Å². The number of phenols is 1. The predicted molar refractivity (Wildman–Crippen MR) is 95.4 cm³/mol. The first-order valence-electron chi connectivity index (χ1n) is 7.77. The van der Waals surface area contributed by atoms with Crippen molar-refractivity contribution in [1.29, 1.82) is 0 Å². The normalized spacial score (nSPS) is 15.8. The fourth-order valence-electron chi connectivity index (χ4n) is 2.73. The van der Waals surface area contributed by atoms with Crippen molar-refractivity contribution in [2.24, 2.45) is 0 Å². The second-order valence-electron chi connectivity index (χ2n) is 5.53. The number of para-hydroxylation sites is 2.